The van der Waals surface area contributed by atoms with Gasteiger partial charge in [-0.15, -0.1) is 0 Å². The van der Waals surface area contributed by atoms with E-state index in [4.69, 9.17) is 4.74 Å². The Labute approximate surface area is 117 Å². The summed E-state index contributed by atoms with van der Waals surface area (Å²) < 4.78 is 42.7. The molecular formula is C13H23F3N2O2. The zero-order valence-corrected chi connectivity index (χ0v) is 11.8. The van der Waals surface area contributed by atoms with Crippen LogP contribution in [0, 0.1) is 5.92 Å². The van der Waals surface area contributed by atoms with Gasteiger partial charge in [0, 0.05) is 32.7 Å². The van der Waals surface area contributed by atoms with E-state index < -0.39 is 12.1 Å². The van der Waals surface area contributed by atoms with Crippen LogP contribution in [0.4, 0.5) is 13.2 Å². The summed E-state index contributed by atoms with van der Waals surface area (Å²) in [7, 11) is 1.55. The fourth-order valence-electron chi connectivity index (χ4n) is 2.44. The second kappa shape index (κ2) is 8.46. The molecule has 1 amide bonds. The lowest BCUT2D eigenvalue weighted by Gasteiger charge is -2.31. The lowest BCUT2D eigenvalue weighted by molar-refractivity contribution is -0.183. The monoisotopic (exact) mass is 296 g/mol. The molecule has 1 aliphatic rings. The number of alkyl halides is 3. The van der Waals surface area contributed by atoms with E-state index in [0.717, 1.165) is 6.42 Å². The molecule has 20 heavy (non-hydrogen) atoms. The van der Waals surface area contributed by atoms with Crippen LogP contribution in [0.2, 0.25) is 0 Å². The topological polar surface area (TPSA) is 50.4 Å². The molecule has 1 fully saturated rings. The number of methoxy groups -OCH3 is 1. The Hall–Kier alpha value is -0.820. The van der Waals surface area contributed by atoms with Crippen molar-refractivity contribution in [2.75, 3.05) is 26.8 Å². The van der Waals surface area contributed by atoms with E-state index in [1.54, 1.807) is 7.11 Å². The van der Waals surface area contributed by atoms with Crippen LogP contribution in [0.25, 0.3) is 0 Å². The largest absolute Gasteiger partial charge is 0.391 e. The minimum absolute atomic E-state index is 0.113. The molecular weight excluding hydrogens is 273 g/mol. The highest BCUT2D eigenvalue weighted by Gasteiger charge is 2.41. The van der Waals surface area contributed by atoms with Gasteiger partial charge in [-0.2, -0.15) is 13.2 Å². The Balaban J connectivity index is 2.17. The minimum Gasteiger partial charge on any atom is -0.383 e. The molecule has 1 aliphatic carbocycles. The molecule has 0 saturated heterocycles. The van der Waals surface area contributed by atoms with Crippen molar-refractivity contribution in [1.29, 1.82) is 0 Å². The van der Waals surface area contributed by atoms with Gasteiger partial charge in [0.2, 0.25) is 5.91 Å². The van der Waals surface area contributed by atoms with Crippen LogP contribution in [0.1, 0.15) is 32.1 Å². The molecule has 0 aliphatic heterocycles. The summed E-state index contributed by atoms with van der Waals surface area (Å²) in [4.78, 5) is 11.4. The Bertz CT molecular complexity index is 298. The number of carbonyl (C=O) groups excluding carboxylic acids is 1. The summed E-state index contributed by atoms with van der Waals surface area (Å²) >= 11 is 0. The Morgan fingerprint density at radius 3 is 2.70 bits per heavy atom. The average molecular weight is 296 g/mol. The number of amides is 1. The normalized spacial score (nSPS) is 23.6. The maximum Gasteiger partial charge on any atom is 0.391 e. The first kappa shape index (κ1) is 17.2. The third-order valence-electron chi connectivity index (χ3n) is 3.55. The fourth-order valence-corrected chi connectivity index (χ4v) is 2.44. The van der Waals surface area contributed by atoms with Gasteiger partial charge in [0.25, 0.3) is 0 Å². The van der Waals surface area contributed by atoms with Crippen molar-refractivity contribution < 1.29 is 22.7 Å². The molecule has 0 aromatic carbocycles. The first-order valence-electron chi connectivity index (χ1n) is 6.99. The van der Waals surface area contributed by atoms with E-state index in [0.29, 0.717) is 26.1 Å². The molecule has 1 saturated carbocycles. The number of hydrogen-bond donors (Lipinski definition) is 2. The molecule has 0 bridgehead atoms. The number of hydrogen-bond acceptors (Lipinski definition) is 3. The van der Waals surface area contributed by atoms with Gasteiger partial charge in [0.05, 0.1) is 12.5 Å². The Morgan fingerprint density at radius 1 is 1.30 bits per heavy atom. The first-order valence-corrected chi connectivity index (χ1v) is 6.99. The van der Waals surface area contributed by atoms with Gasteiger partial charge in [-0.3, -0.25) is 4.79 Å². The van der Waals surface area contributed by atoms with Gasteiger partial charge < -0.3 is 15.4 Å². The highest BCUT2D eigenvalue weighted by atomic mass is 19.4. The summed E-state index contributed by atoms with van der Waals surface area (Å²) in [6.07, 6.45) is -2.15. The fraction of sp³-hybridized carbons (Fsp3) is 0.923. The van der Waals surface area contributed by atoms with Gasteiger partial charge in [0.15, 0.2) is 0 Å². The minimum atomic E-state index is -4.10. The van der Waals surface area contributed by atoms with Gasteiger partial charge in [-0.1, -0.05) is 6.42 Å². The average Bonchev–Trinajstić information content (AvgIpc) is 2.38. The summed E-state index contributed by atoms with van der Waals surface area (Å²) in [5, 5.41) is 5.72. The van der Waals surface area contributed by atoms with E-state index in [2.05, 4.69) is 10.6 Å². The van der Waals surface area contributed by atoms with Crippen molar-refractivity contribution in [3.05, 3.63) is 0 Å². The highest BCUT2D eigenvalue weighted by molar-refractivity contribution is 5.76. The van der Waals surface area contributed by atoms with Gasteiger partial charge in [-0.05, 0) is 19.3 Å². The van der Waals surface area contributed by atoms with Crippen LogP contribution in [-0.2, 0) is 9.53 Å². The van der Waals surface area contributed by atoms with Crippen LogP contribution in [0.3, 0.4) is 0 Å². The standard InChI is InChI=1S/C13H23F3N2O2/c1-20-8-7-18-12(19)5-6-17-11-4-2-3-10(9-11)13(14,15)16/h10-11,17H,2-9H2,1H3,(H,18,19). The SMILES string of the molecule is COCCNC(=O)CCNC1CCCC(C(F)(F)F)C1. The summed E-state index contributed by atoms with van der Waals surface area (Å²) in [6.45, 7) is 1.32. The maximum absolute atomic E-state index is 12.6. The second-order valence-electron chi connectivity index (χ2n) is 5.15. The lowest BCUT2D eigenvalue weighted by Crippen LogP contribution is -2.40. The first-order chi connectivity index (χ1) is 9.43. The number of carbonyl (C=O) groups is 1. The van der Waals surface area contributed by atoms with E-state index in [1.165, 1.54) is 0 Å². The smallest absolute Gasteiger partial charge is 0.383 e. The van der Waals surface area contributed by atoms with Crippen LogP contribution in [-0.4, -0.2) is 44.9 Å². The number of nitrogens with one attached hydrogen (secondary N) is 2. The van der Waals surface area contributed by atoms with Crippen molar-refractivity contribution >= 4 is 5.91 Å². The predicted molar refractivity (Wildman–Crippen MR) is 69.3 cm³/mol. The molecule has 2 unspecified atom stereocenters. The summed E-state index contributed by atoms with van der Waals surface area (Å²) in [6, 6.07) is -0.137. The van der Waals surface area contributed by atoms with Gasteiger partial charge in [0.1, 0.15) is 0 Å². The van der Waals surface area contributed by atoms with Crippen LogP contribution in [0.15, 0.2) is 0 Å². The summed E-state index contributed by atoms with van der Waals surface area (Å²) in [5.41, 5.74) is 0. The zero-order chi connectivity index (χ0) is 15.0. The van der Waals surface area contributed by atoms with Crippen LogP contribution < -0.4 is 10.6 Å². The molecule has 2 N–H and O–H groups in total. The van der Waals surface area contributed by atoms with Gasteiger partial charge in [-0.25, -0.2) is 0 Å². The van der Waals surface area contributed by atoms with Gasteiger partial charge >= 0.3 is 6.18 Å². The molecule has 0 aromatic rings. The molecule has 1 rings (SSSR count). The molecule has 4 nitrogen and oxygen atoms in total. The highest BCUT2D eigenvalue weighted by Crippen LogP contribution is 2.37. The van der Waals surface area contributed by atoms with E-state index in [9.17, 15) is 18.0 Å². The van der Waals surface area contributed by atoms with Crippen molar-refractivity contribution in [1.82, 2.24) is 10.6 Å². The number of rotatable bonds is 7. The molecule has 7 heteroatoms. The molecule has 0 radical (unpaired) electrons. The van der Waals surface area contributed by atoms with Crippen molar-refractivity contribution in [2.45, 2.75) is 44.3 Å². The number of ether oxygens (including phenoxy) is 1. The quantitative estimate of drug-likeness (QED) is 0.705. The molecule has 0 heterocycles. The van der Waals surface area contributed by atoms with Crippen molar-refractivity contribution in [3.8, 4) is 0 Å². The third-order valence-corrected chi connectivity index (χ3v) is 3.55. The van der Waals surface area contributed by atoms with Crippen LogP contribution >= 0.6 is 0 Å². The molecule has 118 valence electrons. The van der Waals surface area contributed by atoms with Crippen molar-refractivity contribution in [3.63, 3.8) is 0 Å². The third kappa shape index (κ3) is 6.56. The maximum atomic E-state index is 12.6. The molecule has 0 aromatic heterocycles. The summed E-state index contributed by atoms with van der Waals surface area (Å²) in [5.74, 6) is -1.32. The van der Waals surface area contributed by atoms with E-state index in [1.807, 2.05) is 0 Å². The van der Waals surface area contributed by atoms with Crippen LogP contribution in [0.5, 0.6) is 0 Å². The Kier molecular flexibility index (Phi) is 7.29. The Morgan fingerprint density at radius 2 is 2.05 bits per heavy atom. The zero-order valence-electron chi connectivity index (χ0n) is 11.8. The number of halogens is 3. The second-order valence-corrected chi connectivity index (χ2v) is 5.15. The molecule has 0 spiro atoms. The molecule has 2 atom stereocenters. The lowest BCUT2D eigenvalue weighted by atomic mass is 9.85. The predicted octanol–water partition coefficient (Wildman–Crippen LogP) is 1.85. The van der Waals surface area contributed by atoms with E-state index >= 15 is 0 Å². The van der Waals surface area contributed by atoms with Crippen molar-refractivity contribution in [2.24, 2.45) is 5.92 Å². The van der Waals surface area contributed by atoms with E-state index in [-0.39, 0.29) is 31.2 Å².